The van der Waals surface area contributed by atoms with Crippen LogP contribution in [-0.2, 0) is 4.74 Å². The van der Waals surface area contributed by atoms with Crippen molar-refractivity contribution in [3.8, 4) is 0 Å². The van der Waals surface area contributed by atoms with Crippen LogP contribution >= 0.6 is 24.0 Å². The predicted molar refractivity (Wildman–Crippen MR) is 104 cm³/mol. The van der Waals surface area contributed by atoms with Gasteiger partial charge in [-0.1, -0.05) is 39.0 Å². The Morgan fingerprint density at radius 1 is 1.27 bits per heavy atom. The van der Waals surface area contributed by atoms with Gasteiger partial charge in [0.05, 0.1) is 13.2 Å². The van der Waals surface area contributed by atoms with E-state index in [1.807, 2.05) is 7.05 Å². The smallest absolute Gasteiger partial charge is 0.191 e. The predicted octanol–water partition coefficient (Wildman–Crippen LogP) is 3.55. The lowest BCUT2D eigenvalue weighted by atomic mass is 9.85. The Balaban J connectivity index is 0.00000242. The number of hydrogen-bond acceptors (Lipinski definition) is 2. The van der Waals surface area contributed by atoms with E-state index in [-0.39, 0.29) is 29.4 Å². The minimum absolute atomic E-state index is 0. The molecular formula is C17H34IN3O. The highest BCUT2D eigenvalue weighted by molar-refractivity contribution is 14.0. The second kappa shape index (κ2) is 9.96. The number of nitrogens with zero attached hydrogens (tertiary/aromatic N) is 1. The molecule has 1 unspecified atom stereocenters. The Morgan fingerprint density at radius 2 is 1.95 bits per heavy atom. The van der Waals surface area contributed by atoms with Gasteiger partial charge in [-0.25, -0.2) is 0 Å². The lowest BCUT2D eigenvalue weighted by Crippen LogP contribution is -2.52. The van der Waals surface area contributed by atoms with Crippen molar-refractivity contribution < 1.29 is 4.74 Å². The summed E-state index contributed by atoms with van der Waals surface area (Å²) < 4.78 is 5.29. The SMILES string of the molecule is CN=C(NCC1(C)COC1)NC(C)CCC1CCCCC1.I. The fourth-order valence-corrected chi connectivity index (χ4v) is 3.31. The molecule has 1 heterocycles. The summed E-state index contributed by atoms with van der Waals surface area (Å²) in [4.78, 5) is 4.34. The van der Waals surface area contributed by atoms with Crippen LogP contribution in [-0.4, -0.2) is 38.8 Å². The summed E-state index contributed by atoms with van der Waals surface area (Å²) in [5.74, 6) is 1.89. The molecule has 2 fully saturated rings. The van der Waals surface area contributed by atoms with Gasteiger partial charge in [-0.05, 0) is 25.7 Å². The molecule has 0 spiro atoms. The first-order valence-corrected chi connectivity index (χ1v) is 8.66. The summed E-state index contributed by atoms with van der Waals surface area (Å²) in [6, 6.07) is 0.489. The van der Waals surface area contributed by atoms with Crippen LogP contribution < -0.4 is 10.6 Å². The third kappa shape index (κ3) is 6.60. The molecule has 1 aliphatic heterocycles. The van der Waals surface area contributed by atoms with Crippen molar-refractivity contribution in [3.63, 3.8) is 0 Å². The summed E-state index contributed by atoms with van der Waals surface area (Å²) >= 11 is 0. The van der Waals surface area contributed by atoms with Gasteiger partial charge in [-0.15, -0.1) is 24.0 Å². The van der Waals surface area contributed by atoms with Crippen molar-refractivity contribution in [1.29, 1.82) is 0 Å². The van der Waals surface area contributed by atoms with E-state index in [1.165, 1.54) is 44.9 Å². The first-order valence-electron chi connectivity index (χ1n) is 8.66. The Hall–Kier alpha value is -0.0400. The third-order valence-corrected chi connectivity index (χ3v) is 4.92. The van der Waals surface area contributed by atoms with Gasteiger partial charge in [-0.3, -0.25) is 4.99 Å². The highest BCUT2D eigenvalue weighted by Gasteiger charge is 2.33. The zero-order chi connectivity index (χ0) is 15.1. The largest absolute Gasteiger partial charge is 0.380 e. The topological polar surface area (TPSA) is 45.7 Å². The molecule has 0 radical (unpaired) electrons. The van der Waals surface area contributed by atoms with Crippen LogP contribution in [0.25, 0.3) is 0 Å². The Morgan fingerprint density at radius 3 is 2.50 bits per heavy atom. The Labute approximate surface area is 153 Å². The molecule has 1 atom stereocenters. The number of rotatable bonds is 6. The normalized spacial score (nSPS) is 23.1. The Bertz CT molecular complexity index is 339. The number of halogens is 1. The lowest BCUT2D eigenvalue weighted by molar-refractivity contribution is -0.0971. The zero-order valence-corrected chi connectivity index (χ0v) is 16.8. The standard InChI is InChI=1S/C17H33N3O.HI/c1-14(9-10-15-7-5-4-6-8-15)20-16(18-3)19-11-17(2)12-21-13-17;/h14-15H,4-13H2,1-3H3,(H2,18,19,20);1H. The molecule has 1 saturated heterocycles. The minimum Gasteiger partial charge on any atom is -0.380 e. The molecule has 2 aliphatic rings. The van der Waals surface area contributed by atoms with Gasteiger partial charge in [0.2, 0.25) is 0 Å². The van der Waals surface area contributed by atoms with Crippen molar-refractivity contribution in [2.24, 2.45) is 16.3 Å². The first kappa shape index (κ1) is 20.0. The number of aliphatic imine (C=N–C) groups is 1. The average Bonchev–Trinajstić information content (AvgIpc) is 2.48. The molecule has 2 rings (SSSR count). The van der Waals surface area contributed by atoms with Gasteiger partial charge >= 0.3 is 0 Å². The molecule has 5 heteroatoms. The first-order chi connectivity index (χ1) is 10.1. The van der Waals surface area contributed by atoms with E-state index in [2.05, 4.69) is 29.5 Å². The van der Waals surface area contributed by atoms with Crippen LogP contribution in [0.5, 0.6) is 0 Å². The molecule has 0 aromatic rings. The van der Waals surface area contributed by atoms with Gasteiger partial charge in [0, 0.05) is 25.0 Å². The highest BCUT2D eigenvalue weighted by atomic mass is 127. The van der Waals surface area contributed by atoms with Gasteiger partial charge in [-0.2, -0.15) is 0 Å². The maximum absolute atomic E-state index is 5.29. The molecule has 0 aromatic carbocycles. The summed E-state index contributed by atoms with van der Waals surface area (Å²) in [5, 5.41) is 6.96. The van der Waals surface area contributed by atoms with Crippen LogP contribution in [0.3, 0.4) is 0 Å². The summed E-state index contributed by atoms with van der Waals surface area (Å²) in [7, 11) is 1.85. The van der Waals surface area contributed by atoms with E-state index in [0.29, 0.717) is 6.04 Å². The van der Waals surface area contributed by atoms with E-state index in [1.54, 1.807) is 0 Å². The van der Waals surface area contributed by atoms with Crippen LogP contribution in [0.1, 0.15) is 58.8 Å². The van der Waals surface area contributed by atoms with E-state index >= 15 is 0 Å². The van der Waals surface area contributed by atoms with Crippen LogP contribution in [0.2, 0.25) is 0 Å². The molecule has 1 saturated carbocycles. The molecule has 0 amide bonds. The second-order valence-corrected chi connectivity index (χ2v) is 7.36. The molecule has 1 aliphatic carbocycles. The number of ether oxygens (including phenoxy) is 1. The van der Waals surface area contributed by atoms with Crippen molar-refractivity contribution >= 4 is 29.9 Å². The van der Waals surface area contributed by atoms with Gasteiger partial charge < -0.3 is 15.4 Å². The maximum atomic E-state index is 5.29. The van der Waals surface area contributed by atoms with Crippen LogP contribution in [0, 0.1) is 11.3 Å². The van der Waals surface area contributed by atoms with Gasteiger partial charge in [0.1, 0.15) is 0 Å². The molecular weight excluding hydrogens is 389 g/mol. The van der Waals surface area contributed by atoms with E-state index in [0.717, 1.165) is 31.6 Å². The molecule has 22 heavy (non-hydrogen) atoms. The van der Waals surface area contributed by atoms with Crippen LogP contribution in [0.15, 0.2) is 4.99 Å². The van der Waals surface area contributed by atoms with E-state index in [4.69, 9.17) is 4.74 Å². The molecule has 0 aromatic heterocycles. The number of nitrogens with one attached hydrogen (secondary N) is 2. The van der Waals surface area contributed by atoms with Crippen LogP contribution in [0.4, 0.5) is 0 Å². The minimum atomic E-state index is 0. The second-order valence-electron chi connectivity index (χ2n) is 7.36. The fourth-order valence-electron chi connectivity index (χ4n) is 3.31. The number of guanidine groups is 1. The van der Waals surface area contributed by atoms with Crippen molar-refractivity contribution in [2.45, 2.75) is 64.8 Å². The van der Waals surface area contributed by atoms with E-state index < -0.39 is 0 Å². The Kier molecular flexibility index (Phi) is 9.05. The lowest BCUT2D eigenvalue weighted by Gasteiger charge is -2.38. The molecule has 2 N–H and O–H groups in total. The van der Waals surface area contributed by atoms with Crippen molar-refractivity contribution in [3.05, 3.63) is 0 Å². The molecule has 130 valence electrons. The van der Waals surface area contributed by atoms with E-state index in [9.17, 15) is 0 Å². The quantitative estimate of drug-likeness (QED) is 0.390. The molecule has 4 nitrogen and oxygen atoms in total. The van der Waals surface area contributed by atoms with Gasteiger partial charge in [0.15, 0.2) is 5.96 Å². The van der Waals surface area contributed by atoms with Gasteiger partial charge in [0.25, 0.3) is 0 Å². The van der Waals surface area contributed by atoms with Crippen molar-refractivity contribution in [1.82, 2.24) is 10.6 Å². The zero-order valence-electron chi connectivity index (χ0n) is 14.5. The summed E-state index contributed by atoms with van der Waals surface area (Å²) in [6.45, 7) is 7.16. The average molecular weight is 423 g/mol. The van der Waals surface area contributed by atoms with Crippen molar-refractivity contribution in [2.75, 3.05) is 26.8 Å². The summed E-state index contributed by atoms with van der Waals surface area (Å²) in [5.41, 5.74) is 0.281. The highest BCUT2D eigenvalue weighted by Crippen LogP contribution is 2.27. The fraction of sp³-hybridized carbons (Fsp3) is 0.941. The monoisotopic (exact) mass is 423 g/mol. The maximum Gasteiger partial charge on any atom is 0.191 e. The summed E-state index contributed by atoms with van der Waals surface area (Å²) in [6.07, 6.45) is 9.81. The number of hydrogen-bond donors (Lipinski definition) is 2. The third-order valence-electron chi connectivity index (χ3n) is 4.92. The molecule has 0 bridgehead atoms.